The Balaban J connectivity index is 1.84. The normalized spacial score (nSPS) is 10.3. The van der Waals surface area contributed by atoms with Gasteiger partial charge in [0.15, 0.2) is 0 Å². The van der Waals surface area contributed by atoms with Gasteiger partial charge in [-0.1, -0.05) is 24.3 Å². The van der Waals surface area contributed by atoms with Gasteiger partial charge in [-0.3, -0.25) is 4.79 Å². The van der Waals surface area contributed by atoms with Crippen molar-refractivity contribution in [2.45, 2.75) is 6.92 Å². The quantitative estimate of drug-likeness (QED) is 0.764. The maximum absolute atomic E-state index is 13.3. The van der Waals surface area contributed by atoms with Crippen molar-refractivity contribution in [3.8, 4) is 0 Å². The lowest BCUT2D eigenvalue weighted by molar-refractivity contribution is 0.0983. The number of hydrogen-bond donors (Lipinski definition) is 1. The average molecular weight is 336 g/mol. The Morgan fingerprint density at radius 1 is 1.12 bits per heavy atom. The van der Waals surface area contributed by atoms with Crippen molar-refractivity contribution in [2.75, 3.05) is 16.8 Å². The van der Waals surface area contributed by atoms with Crippen LogP contribution in [0.2, 0.25) is 0 Å². The SMILES string of the molecule is CCN(C(=O)c1ccnc(Nc2cccc(F)c2)n1)c1ccccc1. The number of para-hydroxylation sites is 1. The molecule has 0 saturated carbocycles. The standard InChI is InChI=1S/C19H17FN4O/c1-2-24(16-9-4-3-5-10-16)18(25)17-11-12-21-19(23-17)22-15-8-6-7-14(20)13-15/h3-13H,2H2,1H3,(H,21,22,23). The van der Waals surface area contributed by atoms with Crippen LogP contribution in [0.5, 0.6) is 0 Å². The number of benzene rings is 2. The summed E-state index contributed by atoms with van der Waals surface area (Å²) in [6.07, 6.45) is 1.50. The van der Waals surface area contributed by atoms with Gasteiger partial charge < -0.3 is 10.2 Å². The van der Waals surface area contributed by atoms with Crippen LogP contribution in [0.3, 0.4) is 0 Å². The van der Waals surface area contributed by atoms with E-state index in [2.05, 4.69) is 15.3 Å². The van der Waals surface area contributed by atoms with E-state index in [9.17, 15) is 9.18 Å². The van der Waals surface area contributed by atoms with Crippen LogP contribution in [0.25, 0.3) is 0 Å². The lowest BCUT2D eigenvalue weighted by Crippen LogP contribution is -2.31. The van der Waals surface area contributed by atoms with Crippen molar-refractivity contribution in [3.05, 3.63) is 78.4 Å². The van der Waals surface area contributed by atoms with Crippen molar-refractivity contribution in [3.63, 3.8) is 0 Å². The van der Waals surface area contributed by atoms with E-state index >= 15 is 0 Å². The van der Waals surface area contributed by atoms with Gasteiger partial charge in [-0.15, -0.1) is 0 Å². The second kappa shape index (κ2) is 7.53. The Labute approximate surface area is 145 Å². The molecule has 3 rings (SSSR count). The highest BCUT2D eigenvalue weighted by atomic mass is 19.1. The predicted molar refractivity (Wildman–Crippen MR) is 95.5 cm³/mol. The van der Waals surface area contributed by atoms with Gasteiger partial charge in [-0.2, -0.15) is 0 Å². The van der Waals surface area contributed by atoms with Crippen LogP contribution in [-0.4, -0.2) is 22.4 Å². The molecule has 1 heterocycles. The fraction of sp³-hybridized carbons (Fsp3) is 0.105. The van der Waals surface area contributed by atoms with E-state index in [0.29, 0.717) is 12.2 Å². The molecular formula is C19H17FN4O. The molecule has 0 bridgehead atoms. The number of halogens is 1. The first-order valence-corrected chi connectivity index (χ1v) is 7.90. The van der Waals surface area contributed by atoms with E-state index in [1.807, 2.05) is 37.3 Å². The van der Waals surface area contributed by atoms with Crippen LogP contribution < -0.4 is 10.2 Å². The van der Waals surface area contributed by atoms with Crippen molar-refractivity contribution in [1.82, 2.24) is 9.97 Å². The molecule has 0 fully saturated rings. The summed E-state index contributed by atoms with van der Waals surface area (Å²) in [6, 6.07) is 16.9. The zero-order chi connectivity index (χ0) is 17.6. The molecule has 1 aromatic heterocycles. The summed E-state index contributed by atoms with van der Waals surface area (Å²) in [7, 11) is 0. The fourth-order valence-corrected chi connectivity index (χ4v) is 2.42. The van der Waals surface area contributed by atoms with Crippen LogP contribution in [0.15, 0.2) is 66.9 Å². The highest BCUT2D eigenvalue weighted by molar-refractivity contribution is 6.04. The Morgan fingerprint density at radius 3 is 2.64 bits per heavy atom. The molecule has 126 valence electrons. The lowest BCUT2D eigenvalue weighted by atomic mass is 10.2. The molecule has 0 unspecified atom stereocenters. The van der Waals surface area contributed by atoms with Crippen molar-refractivity contribution in [2.24, 2.45) is 0 Å². The first-order chi connectivity index (χ1) is 12.2. The minimum atomic E-state index is -0.363. The summed E-state index contributed by atoms with van der Waals surface area (Å²) in [6.45, 7) is 2.41. The van der Waals surface area contributed by atoms with Crippen molar-refractivity contribution >= 4 is 23.2 Å². The highest BCUT2D eigenvalue weighted by Crippen LogP contribution is 2.17. The highest BCUT2D eigenvalue weighted by Gasteiger charge is 2.18. The molecule has 1 amide bonds. The number of carbonyl (C=O) groups is 1. The van der Waals surface area contributed by atoms with Gasteiger partial charge in [0.2, 0.25) is 5.95 Å². The molecule has 0 aliphatic heterocycles. The molecule has 0 atom stereocenters. The molecule has 0 spiro atoms. The van der Waals surface area contributed by atoms with Gasteiger partial charge in [0.1, 0.15) is 11.5 Å². The summed E-state index contributed by atoms with van der Waals surface area (Å²) < 4.78 is 13.3. The predicted octanol–water partition coefficient (Wildman–Crippen LogP) is 4.03. The molecule has 2 aromatic carbocycles. The van der Waals surface area contributed by atoms with Crippen LogP contribution in [0.4, 0.5) is 21.7 Å². The van der Waals surface area contributed by atoms with Gasteiger partial charge in [0.05, 0.1) is 0 Å². The topological polar surface area (TPSA) is 58.1 Å². The van der Waals surface area contributed by atoms with Crippen molar-refractivity contribution in [1.29, 1.82) is 0 Å². The molecule has 0 aliphatic carbocycles. The molecule has 6 heteroatoms. The second-order valence-electron chi connectivity index (χ2n) is 5.29. The summed E-state index contributed by atoms with van der Waals surface area (Å²) in [5.41, 5.74) is 1.58. The summed E-state index contributed by atoms with van der Waals surface area (Å²) in [4.78, 5) is 22.8. The number of rotatable bonds is 5. The number of carbonyl (C=O) groups excluding carboxylic acids is 1. The molecule has 25 heavy (non-hydrogen) atoms. The van der Waals surface area contributed by atoms with E-state index in [-0.39, 0.29) is 23.4 Å². The molecule has 5 nitrogen and oxygen atoms in total. The molecular weight excluding hydrogens is 319 g/mol. The monoisotopic (exact) mass is 336 g/mol. The van der Waals surface area contributed by atoms with E-state index in [0.717, 1.165) is 5.69 Å². The van der Waals surface area contributed by atoms with Gasteiger partial charge in [-0.05, 0) is 43.3 Å². The van der Waals surface area contributed by atoms with Gasteiger partial charge in [0.25, 0.3) is 5.91 Å². The Bertz CT molecular complexity index is 870. The van der Waals surface area contributed by atoms with E-state index < -0.39 is 0 Å². The number of nitrogens with one attached hydrogen (secondary N) is 1. The zero-order valence-corrected chi connectivity index (χ0v) is 13.7. The molecule has 3 aromatic rings. The Morgan fingerprint density at radius 2 is 1.92 bits per heavy atom. The Hall–Kier alpha value is -3.28. The molecule has 1 N–H and O–H groups in total. The minimum Gasteiger partial charge on any atom is -0.324 e. The first-order valence-electron chi connectivity index (χ1n) is 7.90. The Kier molecular flexibility index (Phi) is 4.99. The van der Waals surface area contributed by atoms with E-state index in [1.54, 1.807) is 23.1 Å². The maximum Gasteiger partial charge on any atom is 0.277 e. The van der Waals surface area contributed by atoms with Crippen LogP contribution >= 0.6 is 0 Å². The van der Waals surface area contributed by atoms with Crippen LogP contribution in [-0.2, 0) is 0 Å². The molecule has 0 saturated heterocycles. The largest absolute Gasteiger partial charge is 0.324 e. The zero-order valence-electron chi connectivity index (χ0n) is 13.7. The number of nitrogens with zero attached hydrogens (tertiary/aromatic N) is 3. The average Bonchev–Trinajstić information content (AvgIpc) is 2.63. The molecule has 0 aliphatic rings. The third kappa shape index (κ3) is 3.98. The maximum atomic E-state index is 13.3. The lowest BCUT2D eigenvalue weighted by Gasteiger charge is -2.20. The smallest absolute Gasteiger partial charge is 0.277 e. The minimum absolute atomic E-state index is 0.224. The third-order valence-electron chi connectivity index (χ3n) is 3.58. The van der Waals surface area contributed by atoms with Crippen LogP contribution in [0, 0.1) is 5.82 Å². The summed E-state index contributed by atoms with van der Waals surface area (Å²) in [5, 5.41) is 2.90. The van der Waals surface area contributed by atoms with Crippen molar-refractivity contribution < 1.29 is 9.18 Å². The van der Waals surface area contributed by atoms with E-state index in [1.165, 1.54) is 18.3 Å². The van der Waals surface area contributed by atoms with Gasteiger partial charge >= 0.3 is 0 Å². The van der Waals surface area contributed by atoms with Gasteiger partial charge in [-0.25, -0.2) is 14.4 Å². The first kappa shape index (κ1) is 16.6. The number of aromatic nitrogens is 2. The number of amides is 1. The third-order valence-corrected chi connectivity index (χ3v) is 3.58. The van der Waals surface area contributed by atoms with E-state index in [4.69, 9.17) is 0 Å². The summed E-state index contributed by atoms with van der Waals surface area (Å²) >= 11 is 0. The molecule has 0 radical (unpaired) electrons. The summed E-state index contributed by atoms with van der Waals surface area (Å²) in [5.74, 6) is -0.350. The van der Waals surface area contributed by atoms with Gasteiger partial charge in [0, 0.05) is 24.1 Å². The number of anilines is 3. The second-order valence-corrected chi connectivity index (χ2v) is 5.29. The fourth-order valence-electron chi connectivity index (χ4n) is 2.42. The van der Waals surface area contributed by atoms with Crippen LogP contribution in [0.1, 0.15) is 17.4 Å². The number of hydrogen-bond acceptors (Lipinski definition) is 4.